The lowest BCUT2D eigenvalue weighted by atomic mass is 10.1. The number of nitrogens with one attached hydrogen (secondary N) is 1. The summed E-state index contributed by atoms with van der Waals surface area (Å²) in [6.45, 7) is 1.32. The molecule has 98 valence electrons. The minimum atomic E-state index is -1.18. The molecule has 1 atom stereocenters. The average Bonchev–Trinajstić information content (AvgIpc) is 2.39. The number of carboxylic acid groups (broad SMARTS) is 1. The van der Waals surface area contributed by atoms with Crippen molar-refractivity contribution in [3.8, 4) is 5.75 Å². The molecular weight excluding hydrogens is 246 g/mol. The molecule has 19 heavy (non-hydrogen) atoms. The van der Waals surface area contributed by atoms with Crippen LogP contribution in [0, 0.1) is 5.92 Å². The summed E-state index contributed by atoms with van der Waals surface area (Å²) in [6.07, 6.45) is 0. The molecule has 2 rings (SSSR count). The molecule has 5 nitrogen and oxygen atoms in total. The van der Waals surface area contributed by atoms with Gasteiger partial charge >= 0.3 is 5.97 Å². The SMILES string of the molecule is CC(C(=O)O)C(=O)Nc1cccc2c(O)cccc12. The van der Waals surface area contributed by atoms with Gasteiger partial charge in [0.05, 0.1) is 0 Å². The van der Waals surface area contributed by atoms with Gasteiger partial charge in [0.25, 0.3) is 0 Å². The Bertz CT molecular complexity index is 651. The zero-order valence-electron chi connectivity index (χ0n) is 10.3. The summed E-state index contributed by atoms with van der Waals surface area (Å²) in [5.41, 5.74) is 0.478. The van der Waals surface area contributed by atoms with Crippen molar-refractivity contribution in [2.24, 2.45) is 5.92 Å². The Hall–Kier alpha value is -2.56. The maximum absolute atomic E-state index is 11.7. The van der Waals surface area contributed by atoms with Crippen molar-refractivity contribution in [3.05, 3.63) is 36.4 Å². The van der Waals surface area contributed by atoms with Crippen LogP contribution in [0.15, 0.2) is 36.4 Å². The fourth-order valence-corrected chi connectivity index (χ4v) is 1.76. The maximum Gasteiger partial charge on any atom is 0.315 e. The van der Waals surface area contributed by atoms with Crippen LogP contribution in [0.2, 0.25) is 0 Å². The first-order valence-electron chi connectivity index (χ1n) is 5.75. The van der Waals surface area contributed by atoms with E-state index in [4.69, 9.17) is 5.11 Å². The third-order valence-corrected chi connectivity index (χ3v) is 2.92. The van der Waals surface area contributed by atoms with Crippen molar-refractivity contribution in [2.75, 3.05) is 5.32 Å². The fraction of sp³-hybridized carbons (Fsp3) is 0.143. The Balaban J connectivity index is 2.39. The molecule has 2 aromatic carbocycles. The van der Waals surface area contributed by atoms with Crippen molar-refractivity contribution in [2.45, 2.75) is 6.92 Å². The lowest BCUT2D eigenvalue weighted by Crippen LogP contribution is -2.26. The third kappa shape index (κ3) is 2.49. The number of hydrogen-bond acceptors (Lipinski definition) is 3. The molecule has 0 aliphatic carbocycles. The summed E-state index contributed by atoms with van der Waals surface area (Å²) in [6, 6.07) is 10.0. The van der Waals surface area contributed by atoms with Gasteiger partial charge in [0.15, 0.2) is 0 Å². The molecule has 3 N–H and O–H groups in total. The van der Waals surface area contributed by atoms with Gasteiger partial charge in [-0.3, -0.25) is 9.59 Å². The van der Waals surface area contributed by atoms with Gasteiger partial charge in [-0.25, -0.2) is 0 Å². The largest absolute Gasteiger partial charge is 0.507 e. The minimum Gasteiger partial charge on any atom is -0.507 e. The second-order valence-corrected chi connectivity index (χ2v) is 4.23. The van der Waals surface area contributed by atoms with Crippen molar-refractivity contribution in [1.82, 2.24) is 0 Å². The Morgan fingerprint density at radius 3 is 2.42 bits per heavy atom. The number of phenols is 1. The smallest absolute Gasteiger partial charge is 0.315 e. The molecule has 0 aliphatic heterocycles. The summed E-state index contributed by atoms with van der Waals surface area (Å²) in [5.74, 6) is -2.80. The zero-order chi connectivity index (χ0) is 14.0. The Kier molecular flexibility index (Phi) is 3.37. The minimum absolute atomic E-state index is 0.111. The summed E-state index contributed by atoms with van der Waals surface area (Å²) < 4.78 is 0. The molecule has 1 amide bonds. The summed E-state index contributed by atoms with van der Waals surface area (Å²) in [7, 11) is 0. The van der Waals surface area contributed by atoms with Crippen LogP contribution in [0.1, 0.15) is 6.92 Å². The first kappa shape index (κ1) is 12.9. The van der Waals surface area contributed by atoms with Crippen LogP contribution in [0.5, 0.6) is 5.75 Å². The second kappa shape index (κ2) is 4.97. The van der Waals surface area contributed by atoms with Crippen molar-refractivity contribution < 1.29 is 19.8 Å². The highest BCUT2D eigenvalue weighted by atomic mass is 16.4. The number of benzene rings is 2. The summed E-state index contributed by atoms with van der Waals surface area (Å²) in [4.78, 5) is 22.5. The number of rotatable bonds is 3. The highest BCUT2D eigenvalue weighted by molar-refractivity contribution is 6.08. The number of hydrogen-bond donors (Lipinski definition) is 3. The Morgan fingerprint density at radius 2 is 1.74 bits per heavy atom. The normalized spacial score (nSPS) is 12.1. The Labute approximate surface area is 109 Å². The highest BCUT2D eigenvalue weighted by Gasteiger charge is 2.21. The molecule has 0 aliphatic rings. The van der Waals surface area contributed by atoms with E-state index in [1.807, 2.05) is 0 Å². The van der Waals surface area contributed by atoms with Crippen molar-refractivity contribution in [1.29, 1.82) is 0 Å². The van der Waals surface area contributed by atoms with Crippen LogP contribution in [0.4, 0.5) is 5.69 Å². The van der Waals surface area contributed by atoms with E-state index in [-0.39, 0.29) is 5.75 Å². The topological polar surface area (TPSA) is 86.6 Å². The molecule has 5 heteroatoms. The standard InChI is InChI=1S/C14H13NO4/c1-8(14(18)19)13(17)15-11-6-2-5-10-9(11)4-3-7-12(10)16/h2-8,16H,1H3,(H,15,17)(H,18,19). The highest BCUT2D eigenvalue weighted by Crippen LogP contribution is 2.29. The van der Waals surface area contributed by atoms with Crippen LogP contribution in [-0.4, -0.2) is 22.1 Å². The molecule has 0 aromatic heterocycles. The molecule has 0 radical (unpaired) electrons. The molecule has 0 saturated carbocycles. The lowest BCUT2D eigenvalue weighted by Gasteiger charge is -2.11. The van der Waals surface area contributed by atoms with Crippen LogP contribution < -0.4 is 5.32 Å². The van der Waals surface area contributed by atoms with E-state index in [9.17, 15) is 14.7 Å². The van der Waals surface area contributed by atoms with E-state index in [1.165, 1.54) is 6.92 Å². The van der Waals surface area contributed by atoms with E-state index in [2.05, 4.69) is 5.32 Å². The molecule has 0 saturated heterocycles. The molecule has 0 fully saturated rings. The van der Waals surface area contributed by atoms with Gasteiger partial charge < -0.3 is 15.5 Å². The monoisotopic (exact) mass is 259 g/mol. The maximum atomic E-state index is 11.7. The zero-order valence-corrected chi connectivity index (χ0v) is 10.3. The summed E-state index contributed by atoms with van der Waals surface area (Å²) >= 11 is 0. The molecule has 2 aromatic rings. The van der Waals surface area contributed by atoms with Crippen molar-refractivity contribution in [3.63, 3.8) is 0 Å². The predicted molar refractivity (Wildman–Crippen MR) is 71.0 cm³/mol. The first-order chi connectivity index (χ1) is 9.00. The van der Waals surface area contributed by atoms with E-state index >= 15 is 0 Å². The molecule has 0 heterocycles. The van der Waals surface area contributed by atoms with Gasteiger partial charge in [-0.1, -0.05) is 24.3 Å². The lowest BCUT2D eigenvalue weighted by molar-refractivity contribution is -0.144. The molecule has 0 bridgehead atoms. The van der Waals surface area contributed by atoms with Crippen LogP contribution in [0.25, 0.3) is 10.8 Å². The van der Waals surface area contributed by atoms with E-state index < -0.39 is 17.8 Å². The average molecular weight is 259 g/mol. The van der Waals surface area contributed by atoms with Gasteiger partial charge in [0.2, 0.25) is 5.91 Å². The second-order valence-electron chi connectivity index (χ2n) is 4.23. The predicted octanol–water partition coefficient (Wildman–Crippen LogP) is 2.20. The van der Waals surface area contributed by atoms with Gasteiger partial charge in [0.1, 0.15) is 11.7 Å². The number of carboxylic acids is 1. The van der Waals surface area contributed by atoms with Crippen LogP contribution in [0.3, 0.4) is 0 Å². The molecule has 1 unspecified atom stereocenters. The molecule has 0 spiro atoms. The third-order valence-electron chi connectivity index (χ3n) is 2.92. The number of anilines is 1. The van der Waals surface area contributed by atoms with Crippen LogP contribution in [-0.2, 0) is 9.59 Å². The van der Waals surface area contributed by atoms with Gasteiger partial charge in [-0.05, 0) is 19.1 Å². The van der Waals surface area contributed by atoms with E-state index in [1.54, 1.807) is 36.4 Å². The quantitative estimate of drug-likeness (QED) is 0.737. The van der Waals surface area contributed by atoms with Gasteiger partial charge in [0, 0.05) is 16.5 Å². The van der Waals surface area contributed by atoms with E-state index in [0.29, 0.717) is 16.5 Å². The van der Waals surface area contributed by atoms with Crippen LogP contribution >= 0.6 is 0 Å². The number of aliphatic carboxylic acids is 1. The number of carbonyl (C=O) groups is 2. The number of amides is 1. The van der Waals surface area contributed by atoms with Gasteiger partial charge in [-0.15, -0.1) is 0 Å². The fourth-order valence-electron chi connectivity index (χ4n) is 1.76. The molecular formula is C14H13NO4. The number of fused-ring (bicyclic) bond motifs is 1. The number of aromatic hydroxyl groups is 1. The Morgan fingerprint density at radius 1 is 1.11 bits per heavy atom. The van der Waals surface area contributed by atoms with E-state index in [0.717, 1.165) is 0 Å². The van der Waals surface area contributed by atoms with Crippen molar-refractivity contribution >= 4 is 28.3 Å². The summed E-state index contributed by atoms with van der Waals surface area (Å²) in [5, 5.41) is 22.3. The number of phenolic OH excluding ortho intramolecular Hbond substituents is 1. The first-order valence-corrected chi connectivity index (χ1v) is 5.75. The van der Waals surface area contributed by atoms with Gasteiger partial charge in [-0.2, -0.15) is 0 Å². The number of carbonyl (C=O) groups excluding carboxylic acids is 1.